The highest BCUT2D eigenvalue weighted by Gasteiger charge is 2.40. The summed E-state index contributed by atoms with van der Waals surface area (Å²) in [5.41, 5.74) is 0. The van der Waals surface area contributed by atoms with Crippen LogP contribution in [0.25, 0.3) is 0 Å². The van der Waals surface area contributed by atoms with E-state index in [0.29, 0.717) is 0 Å². The van der Waals surface area contributed by atoms with E-state index in [4.69, 9.17) is 0 Å². The van der Waals surface area contributed by atoms with Gasteiger partial charge in [-0.25, -0.2) is 0 Å². The lowest BCUT2D eigenvalue weighted by Crippen LogP contribution is -2.22. The molecule has 0 aromatic heterocycles. The van der Waals surface area contributed by atoms with Crippen LogP contribution in [0.15, 0.2) is 0 Å². The van der Waals surface area contributed by atoms with Crippen molar-refractivity contribution in [1.29, 1.82) is 0 Å². The molecule has 1 saturated heterocycles. The number of nitrogens with one attached hydrogen (secondary N) is 1. The maximum atomic E-state index is 12.1. The topological polar surface area (TPSA) is 46.2 Å². The highest BCUT2D eigenvalue weighted by atomic mass is 16.2. The van der Waals surface area contributed by atoms with Crippen molar-refractivity contribution in [2.45, 2.75) is 117 Å². The minimum absolute atomic E-state index is 0.0103. The van der Waals surface area contributed by atoms with Crippen molar-refractivity contribution >= 4 is 11.8 Å². The number of rotatable bonds is 16. The summed E-state index contributed by atoms with van der Waals surface area (Å²) in [6, 6.07) is 0. The molecule has 2 unspecified atom stereocenters. The summed E-state index contributed by atoms with van der Waals surface area (Å²) < 4.78 is 0. The van der Waals surface area contributed by atoms with Crippen LogP contribution in [0.3, 0.4) is 0 Å². The quantitative estimate of drug-likeness (QED) is 0.267. The summed E-state index contributed by atoms with van der Waals surface area (Å²) in [6.45, 7) is 4.47. The molecule has 0 radical (unpaired) electrons. The zero-order valence-corrected chi connectivity index (χ0v) is 16.8. The second-order valence-electron chi connectivity index (χ2n) is 7.89. The van der Waals surface area contributed by atoms with Crippen LogP contribution in [0.2, 0.25) is 0 Å². The molecule has 0 aromatic rings. The normalized spacial score (nSPS) is 20.2. The first-order valence-electron chi connectivity index (χ1n) is 11.0. The van der Waals surface area contributed by atoms with Gasteiger partial charge in [-0.3, -0.25) is 14.9 Å². The SMILES string of the molecule is CCCCCCCCCC1C(=O)NC(=O)C1CCCCCCCCC. The Bertz CT molecular complexity index is 333. The molecule has 1 N–H and O–H groups in total. The average molecular weight is 352 g/mol. The molecule has 1 rings (SSSR count). The van der Waals surface area contributed by atoms with E-state index in [1.54, 1.807) is 0 Å². The molecule has 0 spiro atoms. The molecule has 1 heterocycles. The number of imide groups is 1. The van der Waals surface area contributed by atoms with Crippen molar-refractivity contribution in [1.82, 2.24) is 5.32 Å². The lowest BCUT2D eigenvalue weighted by atomic mass is 9.86. The maximum Gasteiger partial charge on any atom is 0.230 e. The van der Waals surface area contributed by atoms with E-state index in [1.165, 1.54) is 77.0 Å². The van der Waals surface area contributed by atoms with Crippen LogP contribution in [-0.2, 0) is 9.59 Å². The van der Waals surface area contributed by atoms with Gasteiger partial charge in [-0.05, 0) is 12.8 Å². The summed E-state index contributed by atoms with van der Waals surface area (Å²) in [4.78, 5) is 24.2. The molecule has 25 heavy (non-hydrogen) atoms. The lowest BCUT2D eigenvalue weighted by Gasteiger charge is -2.15. The third kappa shape index (κ3) is 9.42. The highest BCUT2D eigenvalue weighted by molar-refractivity contribution is 6.04. The summed E-state index contributed by atoms with van der Waals surface area (Å²) >= 11 is 0. The van der Waals surface area contributed by atoms with E-state index >= 15 is 0 Å². The van der Waals surface area contributed by atoms with Crippen molar-refractivity contribution in [2.75, 3.05) is 0 Å². The van der Waals surface area contributed by atoms with Crippen LogP contribution in [0.1, 0.15) is 117 Å². The van der Waals surface area contributed by atoms with E-state index in [9.17, 15) is 9.59 Å². The molecule has 1 aliphatic rings. The Hall–Kier alpha value is -0.860. The second-order valence-corrected chi connectivity index (χ2v) is 7.89. The molecule has 3 heteroatoms. The number of unbranched alkanes of at least 4 members (excludes halogenated alkanes) is 12. The second kappa shape index (κ2) is 14.3. The van der Waals surface area contributed by atoms with Gasteiger partial charge in [0.25, 0.3) is 0 Å². The fourth-order valence-corrected chi connectivity index (χ4v) is 3.98. The van der Waals surface area contributed by atoms with E-state index in [-0.39, 0.29) is 23.7 Å². The molecule has 3 nitrogen and oxygen atoms in total. The third-order valence-corrected chi connectivity index (χ3v) is 5.64. The predicted octanol–water partition coefficient (Wildman–Crippen LogP) is 6.16. The zero-order valence-electron chi connectivity index (χ0n) is 16.8. The number of hydrogen-bond donors (Lipinski definition) is 1. The Labute approximate surface area is 155 Å². The van der Waals surface area contributed by atoms with Crippen molar-refractivity contribution in [3.63, 3.8) is 0 Å². The Morgan fingerprint density at radius 2 is 0.880 bits per heavy atom. The third-order valence-electron chi connectivity index (χ3n) is 5.64. The van der Waals surface area contributed by atoms with Gasteiger partial charge >= 0.3 is 0 Å². The van der Waals surface area contributed by atoms with Crippen LogP contribution >= 0.6 is 0 Å². The van der Waals surface area contributed by atoms with E-state index in [1.807, 2.05) is 0 Å². The number of carbonyl (C=O) groups excluding carboxylic acids is 2. The van der Waals surface area contributed by atoms with E-state index in [0.717, 1.165) is 25.7 Å². The molecule has 2 atom stereocenters. The van der Waals surface area contributed by atoms with Gasteiger partial charge in [0.1, 0.15) is 0 Å². The van der Waals surface area contributed by atoms with Crippen LogP contribution in [-0.4, -0.2) is 11.8 Å². The number of carbonyl (C=O) groups is 2. The fraction of sp³-hybridized carbons (Fsp3) is 0.909. The van der Waals surface area contributed by atoms with Crippen LogP contribution < -0.4 is 5.32 Å². The Balaban J connectivity index is 2.17. The molecule has 1 aliphatic heterocycles. The molecular weight excluding hydrogens is 310 g/mol. The Morgan fingerprint density at radius 1 is 0.560 bits per heavy atom. The highest BCUT2D eigenvalue weighted by Crippen LogP contribution is 2.29. The van der Waals surface area contributed by atoms with Gasteiger partial charge in [-0.2, -0.15) is 0 Å². The maximum absolute atomic E-state index is 12.1. The van der Waals surface area contributed by atoms with Gasteiger partial charge in [0.15, 0.2) is 0 Å². The van der Waals surface area contributed by atoms with Crippen molar-refractivity contribution in [2.24, 2.45) is 11.8 Å². The first-order valence-corrected chi connectivity index (χ1v) is 11.0. The molecule has 0 aliphatic carbocycles. The molecule has 2 amide bonds. The largest absolute Gasteiger partial charge is 0.296 e. The molecule has 0 saturated carbocycles. The van der Waals surface area contributed by atoms with Gasteiger partial charge in [-0.15, -0.1) is 0 Å². The monoisotopic (exact) mass is 351 g/mol. The van der Waals surface area contributed by atoms with Gasteiger partial charge in [-0.1, -0.05) is 104 Å². The van der Waals surface area contributed by atoms with Crippen LogP contribution in [0.5, 0.6) is 0 Å². The molecule has 0 aromatic carbocycles. The Morgan fingerprint density at radius 3 is 1.24 bits per heavy atom. The van der Waals surface area contributed by atoms with Crippen molar-refractivity contribution in [3.8, 4) is 0 Å². The summed E-state index contributed by atoms with van der Waals surface area (Å²) in [7, 11) is 0. The number of hydrogen-bond acceptors (Lipinski definition) is 2. The van der Waals surface area contributed by atoms with E-state index < -0.39 is 0 Å². The van der Waals surface area contributed by atoms with E-state index in [2.05, 4.69) is 19.2 Å². The van der Waals surface area contributed by atoms with Gasteiger partial charge in [0.05, 0.1) is 0 Å². The molecule has 1 fully saturated rings. The number of amides is 2. The molecular formula is C22H41NO2. The minimum atomic E-state index is -0.0526. The van der Waals surface area contributed by atoms with Crippen molar-refractivity contribution in [3.05, 3.63) is 0 Å². The minimum Gasteiger partial charge on any atom is -0.296 e. The van der Waals surface area contributed by atoms with Crippen molar-refractivity contribution < 1.29 is 9.59 Å². The summed E-state index contributed by atoms with van der Waals surface area (Å²) in [5.74, 6) is -0.126. The first kappa shape index (κ1) is 22.2. The smallest absolute Gasteiger partial charge is 0.230 e. The van der Waals surface area contributed by atoms with Gasteiger partial charge in [0, 0.05) is 11.8 Å². The predicted molar refractivity (Wildman–Crippen MR) is 105 cm³/mol. The van der Waals surface area contributed by atoms with Gasteiger partial charge < -0.3 is 0 Å². The fourth-order valence-electron chi connectivity index (χ4n) is 3.98. The Kier molecular flexibility index (Phi) is 12.7. The van der Waals surface area contributed by atoms with Crippen LogP contribution in [0.4, 0.5) is 0 Å². The molecule has 0 bridgehead atoms. The molecule has 146 valence electrons. The van der Waals surface area contributed by atoms with Crippen LogP contribution in [0, 0.1) is 11.8 Å². The summed E-state index contributed by atoms with van der Waals surface area (Å²) in [5, 5.41) is 2.58. The standard InChI is InChI=1S/C22H41NO2/c1-3-5-7-9-11-13-15-17-19-20(22(25)23-21(19)24)18-16-14-12-10-8-6-4-2/h19-20H,3-18H2,1-2H3,(H,23,24,25). The van der Waals surface area contributed by atoms with Gasteiger partial charge in [0.2, 0.25) is 11.8 Å². The zero-order chi connectivity index (χ0) is 18.3. The lowest BCUT2D eigenvalue weighted by molar-refractivity contribution is -0.126. The first-order chi connectivity index (χ1) is 12.2. The summed E-state index contributed by atoms with van der Waals surface area (Å²) in [6.07, 6.45) is 19.4. The average Bonchev–Trinajstić information content (AvgIpc) is 2.86.